The van der Waals surface area contributed by atoms with Crippen LogP contribution in [0.15, 0.2) is 30.5 Å². The van der Waals surface area contributed by atoms with Gasteiger partial charge in [0.15, 0.2) is 0 Å². The van der Waals surface area contributed by atoms with Gasteiger partial charge in [-0.05, 0) is 43.0 Å². The molecule has 8 nitrogen and oxygen atoms in total. The number of hydrogen-bond acceptors (Lipinski definition) is 6. The number of nitrogens with zero attached hydrogens (tertiary/aromatic N) is 3. The number of urea groups is 1. The second kappa shape index (κ2) is 10.1. The van der Waals surface area contributed by atoms with E-state index < -0.39 is 11.7 Å². The lowest BCUT2D eigenvalue weighted by atomic mass is 9.93. The van der Waals surface area contributed by atoms with Gasteiger partial charge in [-0.25, -0.2) is 14.8 Å². The molecule has 11 heteroatoms. The van der Waals surface area contributed by atoms with Crippen LogP contribution < -0.4 is 16.0 Å². The highest BCUT2D eigenvalue weighted by atomic mass is 19.4. The fourth-order valence-corrected chi connectivity index (χ4v) is 4.38. The summed E-state index contributed by atoms with van der Waals surface area (Å²) in [4.78, 5) is 23.6. The average Bonchev–Trinajstić information content (AvgIpc) is 3.26. The molecule has 2 aliphatic heterocycles. The van der Waals surface area contributed by atoms with Crippen LogP contribution in [0.2, 0.25) is 0 Å². The molecule has 3 atom stereocenters. The van der Waals surface area contributed by atoms with Crippen molar-refractivity contribution < 1.29 is 23.1 Å². The molecule has 2 aromatic rings. The number of halogens is 3. The summed E-state index contributed by atoms with van der Waals surface area (Å²) in [6.45, 7) is 3.99. The van der Waals surface area contributed by atoms with Crippen molar-refractivity contribution in [2.45, 2.75) is 50.5 Å². The molecule has 0 spiro atoms. The molecule has 2 aliphatic rings. The van der Waals surface area contributed by atoms with Crippen molar-refractivity contribution >= 4 is 12.0 Å². The van der Waals surface area contributed by atoms with Crippen LogP contribution in [0, 0.1) is 0 Å². The Balaban J connectivity index is 1.39. The third-order valence-corrected chi connectivity index (χ3v) is 6.36. The first-order chi connectivity index (χ1) is 16.2. The van der Waals surface area contributed by atoms with Crippen molar-refractivity contribution in [3.8, 4) is 0 Å². The van der Waals surface area contributed by atoms with E-state index in [4.69, 9.17) is 5.11 Å². The number of carbonyl (C=O) groups excluding carboxylic acids is 1. The maximum atomic E-state index is 13.0. The quantitative estimate of drug-likeness (QED) is 0.509. The summed E-state index contributed by atoms with van der Waals surface area (Å²) in [7, 11) is 0. The molecule has 1 saturated heterocycles. The van der Waals surface area contributed by atoms with Crippen LogP contribution in [0.5, 0.6) is 0 Å². The molecule has 4 N–H and O–H groups in total. The Morgan fingerprint density at radius 2 is 2.06 bits per heavy atom. The number of aromatic nitrogens is 2. The van der Waals surface area contributed by atoms with E-state index in [1.807, 2.05) is 6.92 Å². The number of amides is 2. The van der Waals surface area contributed by atoms with Crippen molar-refractivity contribution in [3.63, 3.8) is 0 Å². The van der Waals surface area contributed by atoms with Crippen LogP contribution in [0.4, 0.5) is 23.9 Å². The van der Waals surface area contributed by atoms with Crippen molar-refractivity contribution in [2.75, 3.05) is 31.6 Å². The molecule has 3 heterocycles. The van der Waals surface area contributed by atoms with Gasteiger partial charge in [0.25, 0.3) is 0 Å². The zero-order valence-electron chi connectivity index (χ0n) is 18.9. The summed E-state index contributed by atoms with van der Waals surface area (Å²) in [5.41, 5.74) is 1.85. The zero-order chi connectivity index (χ0) is 24.3. The summed E-state index contributed by atoms with van der Waals surface area (Å²) in [6.07, 6.45) is -1.39. The van der Waals surface area contributed by atoms with Gasteiger partial charge < -0.3 is 26.0 Å². The van der Waals surface area contributed by atoms with E-state index in [9.17, 15) is 18.0 Å². The highest BCUT2D eigenvalue weighted by Gasteiger charge is 2.34. The van der Waals surface area contributed by atoms with E-state index in [-0.39, 0.29) is 30.6 Å². The van der Waals surface area contributed by atoms with Gasteiger partial charge in [-0.15, -0.1) is 0 Å². The van der Waals surface area contributed by atoms with Crippen LogP contribution in [0.3, 0.4) is 0 Å². The molecular formula is C23H29F3N6O2. The number of nitrogens with one attached hydrogen (secondary N) is 3. The van der Waals surface area contributed by atoms with Crippen LogP contribution in [-0.4, -0.2) is 64.3 Å². The first-order valence-electron chi connectivity index (χ1n) is 11.4. The molecule has 1 aromatic heterocycles. The van der Waals surface area contributed by atoms with Gasteiger partial charge >= 0.3 is 12.2 Å². The number of fused-ring (bicyclic) bond motifs is 1. The molecule has 0 bridgehead atoms. The molecule has 184 valence electrons. The van der Waals surface area contributed by atoms with Gasteiger partial charge in [0.1, 0.15) is 0 Å². The summed E-state index contributed by atoms with van der Waals surface area (Å²) < 4.78 is 38.6. The Morgan fingerprint density at radius 3 is 2.76 bits per heavy atom. The lowest BCUT2D eigenvalue weighted by molar-refractivity contribution is -0.137. The highest BCUT2D eigenvalue weighted by Crippen LogP contribution is 2.31. The number of aliphatic hydroxyl groups excluding tert-OH is 1. The van der Waals surface area contributed by atoms with Crippen molar-refractivity contribution in [2.24, 2.45) is 0 Å². The number of benzene rings is 1. The van der Waals surface area contributed by atoms with Crippen molar-refractivity contribution in [1.82, 2.24) is 25.5 Å². The predicted molar refractivity (Wildman–Crippen MR) is 120 cm³/mol. The fourth-order valence-electron chi connectivity index (χ4n) is 4.38. The number of hydrogen-bond donors (Lipinski definition) is 4. The van der Waals surface area contributed by atoms with Crippen LogP contribution in [0.25, 0.3) is 0 Å². The Hall–Kier alpha value is -2.92. The summed E-state index contributed by atoms with van der Waals surface area (Å²) in [6, 6.07) is 4.70. The Morgan fingerprint density at radius 1 is 1.29 bits per heavy atom. The molecule has 0 saturated carbocycles. The van der Waals surface area contributed by atoms with E-state index in [1.165, 1.54) is 12.1 Å². The molecule has 0 aliphatic carbocycles. The minimum Gasteiger partial charge on any atom is -0.396 e. The molecule has 1 fully saturated rings. The Labute approximate surface area is 196 Å². The third-order valence-electron chi connectivity index (χ3n) is 6.36. The molecule has 4 rings (SSSR count). The fraction of sp³-hybridized carbons (Fsp3) is 0.522. The number of carbonyl (C=O) groups is 1. The van der Waals surface area contributed by atoms with Crippen LogP contribution in [0.1, 0.15) is 41.6 Å². The smallest absolute Gasteiger partial charge is 0.396 e. The van der Waals surface area contributed by atoms with Gasteiger partial charge in [-0.3, -0.25) is 0 Å². The summed E-state index contributed by atoms with van der Waals surface area (Å²) in [5.74, 6) is 0.346. The Kier molecular flexibility index (Phi) is 7.22. The van der Waals surface area contributed by atoms with Crippen molar-refractivity contribution in [3.05, 3.63) is 52.8 Å². The standard InChI is InChI=1S/C23H29F3N6O2/c1-14(7-9-33)29-21-28-10-16-6-8-32(13-20(16)30-21)22(34)31-19-12-27-11-18(19)15-2-4-17(5-3-15)23(24,25)26/h2-5,10,14,18-19,27,33H,6-9,11-13H2,1H3,(H,31,34)(H,28,29,30)/t14-,18-,19?/m0/s1. The maximum absolute atomic E-state index is 13.0. The van der Waals surface area contributed by atoms with Gasteiger partial charge in [0.05, 0.1) is 23.8 Å². The van der Waals surface area contributed by atoms with Crippen molar-refractivity contribution in [1.29, 1.82) is 0 Å². The van der Waals surface area contributed by atoms with Crippen LogP contribution in [-0.2, 0) is 19.1 Å². The zero-order valence-corrected chi connectivity index (χ0v) is 18.9. The second-order valence-corrected chi connectivity index (χ2v) is 8.84. The van der Waals surface area contributed by atoms with E-state index in [1.54, 1.807) is 11.1 Å². The monoisotopic (exact) mass is 478 g/mol. The van der Waals surface area contributed by atoms with Gasteiger partial charge in [-0.2, -0.15) is 13.2 Å². The minimum atomic E-state index is -4.37. The van der Waals surface area contributed by atoms with E-state index >= 15 is 0 Å². The normalized spacial score (nSPS) is 21.1. The molecular weight excluding hydrogens is 449 g/mol. The first kappa shape index (κ1) is 24.2. The molecule has 2 amide bonds. The minimum absolute atomic E-state index is 0.0167. The van der Waals surface area contributed by atoms with E-state index in [0.717, 1.165) is 29.0 Å². The first-order valence-corrected chi connectivity index (χ1v) is 11.4. The van der Waals surface area contributed by atoms with Gasteiger partial charge in [0, 0.05) is 44.4 Å². The number of aliphatic hydroxyl groups is 1. The van der Waals surface area contributed by atoms with Gasteiger partial charge in [0.2, 0.25) is 5.95 Å². The molecule has 1 unspecified atom stereocenters. The summed E-state index contributed by atoms with van der Waals surface area (Å²) >= 11 is 0. The van der Waals surface area contributed by atoms with Gasteiger partial charge in [-0.1, -0.05) is 12.1 Å². The third kappa shape index (κ3) is 5.58. The largest absolute Gasteiger partial charge is 0.416 e. The lowest BCUT2D eigenvalue weighted by Gasteiger charge is -2.30. The molecule has 1 aromatic carbocycles. The van der Waals surface area contributed by atoms with E-state index in [2.05, 4.69) is 25.9 Å². The Bertz CT molecular complexity index is 1000. The SMILES string of the molecule is C[C@@H](CCO)Nc1ncc2c(n1)CN(C(=O)NC1CNC[C@H]1c1ccc(C(F)(F)F)cc1)CC2. The van der Waals surface area contributed by atoms with E-state index in [0.29, 0.717) is 45.0 Å². The van der Waals surface area contributed by atoms with Crippen LogP contribution >= 0.6 is 0 Å². The number of anilines is 1. The second-order valence-electron chi connectivity index (χ2n) is 8.84. The maximum Gasteiger partial charge on any atom is 0.416 e. The average molecular weight is 479 g/mol. The topological polar surface area (TPSA) is 102 Å². The molecule has 34 heavy (non-hydrogen) atoms. The number of alkyl halides is 3. The predicted octanol–water partition coefficient (Wildman–Crippen LogP) is 2.50. The lowest BCUT2D eigenvalue weighted by Crippen LogP contribution is -2.48. The number of rotatable bonds is 6. The molecule has 0 radical (unpaired) electrons. The summed E-state index contributed by atoms with van der Waals surface area (Å²) in [5, 5.41) is 18.5. The highest BCUT2D eigenvalue weighted by molar-refractivity contribution is 5.75.